The number of benzene rings is 1. The molecule has 1 saturated heterocycles. The molecule has 0 saturated carbocycles. The van der Waals surface area contributed by atoms with Crippen molar-refractivity contribution in [2.75, 3.05) is 18.4 Å². The molecular formula is C28H36N4O3. The second-order valence-corrected chi connectivity index (χ2v) is 10.4. The Labute approximate surface area is 207 Å². The number of aromatic nitrogens is 2. The molecule has 3 heterocycles. The highest BCUT2D eigenvalue weighted by Crippen LogP contribution is 2.28. The van der Waals surface area contributed by atoms with Crippen LogP contribution in [0.25, 0.3) is 16.8 Å². The van der Waals surface area contributed by atoms with Crippen molar-refractivity contribution < 1.29 is 9.53 Å². The van der Waals surface area contributed by atoms with E-state index in [0.29, 0.717) is 24.3 Å². The normalized spacial score (nSPS) is 16.0. The molecule has 0 bridgehead atoms. The number of pyridine rings is 1. The van der Waals surface area contributed by atoms with Gasteiger partial charge >= 0.3 is 6.09 Å². The van der Waals surface area contributed by atoms with Crippen LogP contribution < -0.4 is 10.9 Å². The summed E-state index contributed by atoms with van der Waals surface area (Å²) in [7, 11) is 0. The molecule has 35 heavy (non-hydrogen) atoms. The molecule has 7 nitrogen and oxygen atoms in total. The third kappa shape index (κ3) is 5.66. The van der Waals surface area contributed by atoms with Crippen LogP contribution in [0, 0.1) is 6.92 Å². The maximum absolute atomic E-state index is 13.5. The lowest BCUT2D eigenvalue weighted by molar-refractivity contribution is 0.0293. The number of rotatable bonds is 6. The number of nitrogens with one attached hydrogen (secondary N) is 1. The summed E-state index contributed by atoms with van der Waals surface area (Å²) in [5.74, 6) is 0. The van der Waals surface area contributed by atoms with Gasteiger partial charge in [-0.05, 0) is 82.3 Å². The molecule has 1 atom stereocenters. The van der Waals surface area contributed by atoms with E-state index in [4.69, 9.17) is 9.72 Å². The molecule has 1 aliphatic rings. The van der Waals surface area contributed by atoms with Crippen LogP contribution in [0.1, 0.15) is 58.2 Å². The molecule has 2 aromatic heterocycles. The molecule has 7 heteroatoms. The van der Waals surface area contributed by atoms with Gasteiger partial charge in [-0.25, -0.2) is 9.78 Å². The van der Waals surface area contributed by atoms with E-state index in [1.54, 1.807) is 15.5 Å². The Balaban J connectivity index is 1.57. The molecule has 186 valence electrons. The average molecular weight is 477 g/mol. The van der Waals surface area contributed by atoms with Crippen molar-refractivity contribution in [1.82, 2.24) is 14.3 Å². The molecule has 1 aromatic carbocycles. The van der Waals surface area contributed by atoms with Gasteiger partial charge in [0.2, 0.25) is 0 Å². The molecule has 1 aliphatic heterocycles. The van der Waals surface area contributed by atoms with Gasteiger partial charge in [0.25, 0.3) is 5.56 Å². The average Bonchev–Trinajstić information content (AvgIpc) is 3.26. The van der Waals surface area contributed by atoms with Crippen LogP contribution in [-0.2, 0) is 11.2 Å². The van der Waals surface area contributed by atoms with Gasteiger partial charge < -0.3 is 15.0 Å². The van der Waals surface area contributed by atoms with Gasteiger partial charge in [-0.3, -0.25) is 9.20 Å². The first-order valence-corrected chi connectivity index (χ1v) is 12.5. The molecule has 4 rings (SSSR count). The van der Waals surface area contributed by atoms with Crippen molar-refractivity contribution >= 4 is 17.4 Å². The molecule has 1 unspecified atom stereocenters. The fraction of sp³-hybridized carbons (Fsp3) is 0.464. The number of ether oxygens (including phenoxy) is 1. The first kappa shape index (κ1) is 24.8. The summed E-state index contributed by atoms with van der Waals surface area (Å²) in [6.07, 6.45) is 5.17. The van der Waals surface area contributed by atoms with Crippen molar-refractivity contribution in [3.63, 3.8) is 0 Å². The Morgan fingerprint density at radius 2 is 2.03 bits per heavy atom. The molecule has 1 amide bonds. The lowest BCUT2D eigenvalue weighted by Crippen LogP contribution is -2.36. The topological polar surface area (TPSA) is 75.9 Å². The van der Waals surface area contributed by atoms with Crippen LogP contribution in [0.15, 0.2) is 47.4 Å². The van der Waals surface area contributed by atoms with Gasteiger partial charge in [0.05, 0.1) is 11.3 Å². The van der Waals surface area contributed by atoms with Crippen molar-refractivity contribution in [2.45, 2.75) is 71.9 Å². The van der Waals surface area contributed by atoms with Crippen LogP contribution in [0.4, 0.5) is 10.5 Å². The standard InChI is InChI=1S/C28H36N4O3/c1-6-7-10-23-25(26(33)32-15-9-8-11-24(32)30-23)22-13-12-20(17-19(22)2)29-21-14-16-31(18-21)27(34)35-28(3,4)5/h8-9,11-13,15,17,21,29H,6-7,10,14,16,18H2,1-5H3. The van der Waals surface area contributed by atoms with E-state index < -0.39 is 5.60 Å². The minimum Gasteiger partial charge on any atom is -0.444 e. The zero-order valence-corrected chi connectivity index (χ0v) is 21.4. The summed E-state index contributed by atoms with van der Waals surface area (Å²) in [5.41, 5.74) is 4.60. The van der Waals surface area contributed by atoms with Crippen LogP contribution in [-0.4, -0.2) is 45.1 Å². The zero-order valence-electron chi connectivity index (χ0n) is 21.4. The maximum Gasteiger partial charge on any atom is 0.410 e. The fourth-order valence-corrected chi connectivity index (χ4v) is 4.57. The fourth-order valence-electron chi connectivity index (χ4n) is 4.57. The van der Waals surface area contributed by atoms with Gasteiger partial charge in [0.15, 0.2) is 0 Å². The smallest absolute Gasteiger partial charge is 0.410 e. The number of hydrogen-bond donors (Lipinski definition) is 1. The van der Waals surface area contributed by atoms with Crippen LogP contribution in [0.3, 0.4) is 0 Å². The number of unbranched alkanes of at least 4 members (excludes halogenated alkanes) is 1. The maximum atomic E-state index is 13.5. The number of likely N-dealkylation sites (tertiary alicyclic amines) is 1. The highest BCUT2D eigenvalue weighted by Gasteiger charge is 2.29. The highest BCUT2D eigenvalue weighted by molar-refractivity contribution is 5.73. The number of hydrogen-bond acceptors (Lipinski definition) is 5. The second kappa shape index (κ2) is 10.1. The van der Waals surface area contributed by atoms with E-state index in [1.165, 1.54) is 0 Å². The van der Waals surface area contributed by atoms with E-state index in [0.717, 1.165) is 48.2 Å². The molecule has 0 radical (unpaired) electrons. The Bertz CT molecular complexity index is 1280. The third-order valence-corrected chi connectivity index (χ3v) is 6.28. The van der Waals surface area contributed by atoms with Crippen LogP contribution in [0.2, 0.25) is 0 Å². The number of amides is 1. The Morgan fingerprint density at radius 1 is 1.23 bits per heavy atom. The number of nitrogens with zero attached hydrogens (tertiary/aromatic N) is 3. The summed E-state index contributed by atoms with van der Waals surface area (Å²) in [6, 6.07) is 11.9. The predicted octanol–water partition coefficient (Wildman–Crippen LogP) is 5.43. The predicted molar refractivity (Wildman–Crippen MR) is 140 cm³/mol. The Hall–Kier alpha value is -3.35. The molecule has 3 aromatic rings. The lowest BCUT2D eigenvalue weighted by Gasteiger charge is -2.24. The number of aryl methyl sites for hydroxylation is 2. The lowest BCUT2D eigenvalue weighted by atomic mass is 9.97. The number of anilines is 1. The van der Waals surface area contributed by atoms with Gasteiger partial charge in [-0.2, -0.15) is 0 Å². The van der Waals surface area contributed by atoms with E-state index in [2.05, 4.69) is 18.3 Å². The van der Waals surface area contributed by atoms with E-state index >= 15 is 0 Å². The minimum atomic E-state index is -0.498. The van der Waals surface area contributed by atoms with Crippen molar-refractivity contribution in [2.24, 2.45) is 0 Å². The quantitative estimate of drug-likeness (QED) is 0.513. The summed E-state index contributed by atoms with van der Waals surface area (Å²) in [6.45, 7) is 11.1. The number of carbonyl (C=O) groups is 1. The SMILES string of the molecule is CCCCc1nc2ccccn2c(=O)c1-c1ccc(NC2CCN(C(=O)OC(C)(C)C)C2)cc1C. The first-order chi connectivity index (χ1) is 16.7. The summed E-state index contributed by atoms with van der Waals surface area (Å²) >= 11 is 0. The summed E-state index contributed by atoms with van der Waals surface area (Å²) in [4.78, 5) is 32.5. The van der Waals surface area contributed by atoms with Gasteiger partial charge in [-0.15, -0.1) is 0 Å². The van der Waals surface area contributed by atoms with E-state index in [9.17, 15) is 9.59 Å². The summed E-state index contributed by atoms with van der Waals surface area (Å²) in [5, 5.41) is 3.55. The number of carbonyl (C=O) groups excluding carboxylic acids is 1. The summed E-state index contributed by atoms with van der Waals surface area (Å²) < 4.78 is 7.13. The Morgan fingerprint density at radius 3 is 2.74 bits per heavy atom. The van der Waals surface area contributed by atoms with E-state index in [-0.39, 0.29) is 17.7 Å². The molecular weight excluding hydrogens is 440 g/mol. The van der Waals surface area contributed by atoms with Crippen molar-refractivity contribution in [3.8, 4) is 11.1 Å². The van der Waals surface area contributed by atoms with E-state index in [1.807, 2.05) is 58.0 Å². The number of fused-ring (bicyclic) bond motifs is 1. The van der Waals surface area contributed by atoms with Crippen LogP contribution in [0.5, 0.6) is 0 Å². The van der Waals surface area contributed by atoms with Crippen molar-refractivity contribution in [3.05, 3.63) is 64.2 Å². The molecule has 0 aliphatic carbocycles. The second-order valence-electron chi connectivity index (χ2n) is 10.4. The monoisotopic (exact) mass is 476 g/mol. The highest BCUT2D eigenvalue weighted by atomic mass is 16.6. The molecule has 1 N–H and O–H groups in total. The zero-order chi connectivity index (χ0) is 25.2. The largest absolute Gasteiger partial charge is 0.444 e. The minimum absolute atomic E-state index is 0.0330. The van der Waals surface area contributed by atoms with Gasteiger partial charge in [0, 0.05) is 31.0 Å². The van der Waals surface area contributed by atoms with Gasteiger partial charge in [-0.1, -0.05) is 25.5 Å². The Kier molecular flexibility index (Phi) is 7.15. The van der Waals surface area contributed by atoms with Gasteiger partial charge in [0.1, 0.15) is 11.2 Å². The first-order valence-electron chi connectivity index (χ1n) is 12.5. The molecule has 0 spiro atoms. The van der Waals surface area contributed by atoms with Crippen LogP contribution >= 0.6 is 0 Å². The molecule has 1 fully saturated rings. The van der Waals surface area contributed by atoms with Crippen molar-refractivity contribution in [1.29, 1.82) is 0 Å². The third-order valence-electron chi connectivity index (χ3n) is 6.28.